The third-order valence-electron chi connectivity index (χ3n) is 3.57. The van der Waals surface area contributed by atoms with Crippen molar-refractivity contribution in [2.45, 2.75) is 19.9 Å². The van der Waals surface area contributed by atoms with Crippen molar-refractivity contribution in [1.82, 2.24) is 25.3 Å². The van der Waals surface area contributed by atoms with E-state index >= 15 is 0 Å². The first-order valence-electron chi connectivity index (χ1n) is 7.70. The molecule has 1 aromatic carbocycles. The van der Waals surface area contributed by atoms with Crippen molar-refractivity contribution >= 4 is 17.5 Å². The van der Waals surface area contributed by atoms with Gasteiger partial charge in [-0.3, -0.25) is 14.6 Å². The van der Waals surface area contributed by atoms with Gasteiger partial charge < -0.3 is 5.32 Å². The zero-order valence-electron chi connectivity index (χ0n) is 13.3. The molecule has 0 radical (unpaired) electrons. The lowest BCUT2D eigenvalue weighted by atomic mass is 10.1. The lowest BCUT2D eigenvalue weighted by Crippen LogP contribution is -2.25. The van der Waals surface area contributed by atoms with Crippen LogP contribution in [-0.2, 0) is 6.54 Å². The van der Waals surface area contributed by atoms with Crippen LogP contribution in [0.1, 0.15) is 22.5 Å². The second kappa shape index (κ2) is 7.31. The normalized spacial score (nSPS) is 10.8. The molecule has 0 aliphatic carbocycles. The number of nitrogens with one attached hydrogen (secondary N) is 2. The molecule has 0 atom stereocenters. The lowest BCUT2D eigenvalue weighted by Gasteiger charge is -2.03. The average Bonchev–Trinajstić information content (AvgIpc) is 3.21. The van der Waals surface area contributed by atoms with Crippen molar-refractivity contribution < 1.29 is 4.79 Å². The maximum Gasteiger partial charge on any atom is 0.269 e. The van der Waals surface area contributed by atoms with E-state index in [9.17, 15) is 4.79 Å². The van der Waals surface area contributed by atoms with Crippen LogP contribution in [-0.4, -0.2) is 32.4 Å². The number of hydrogen-bond donors (Lipinski definition) is 2. The molecule has 0 unspecified atom stereocenters. The highest BCUT2D eigenvalue weighted by Crippen LogP contribution is 2.20. The van der Waals surface area contributed by atoms with Crippen LogP contribution in [0.2, 0.25) is 5.02 Å². The van der Waals surface area contributed by atoms with E-state index in [1.807, 2.05) is 36.1 Å². The molecule has 24 heavy (non-hydrogen) atoms. The van der Waals surface area contributed by atoms with Crippen molar-refractivity contribution in [3.63, 3.8) is 0 Å². The Labute approximate surface area is 144 Å². The van der Waals surface area contributed by atoms with E-state index in [0.717, 1.165) is 24.1 Å². The Bertz CT molecular complexity index is 822. The van der Waals surface area contributed by atoms with Crippen LogP contribution in [0.3, 0.4) is 0 Å². The molecular weight excluding hydrogens is 326 g/mol. The molecule has 124 valence electrons. The van der Waals surface area contributed by atoms with Crippen LogP contribution in [0.25, 0.3) is 11.3 Å². The summed E-state index contributed by atoms with van der Waals surface area (Å²) in [5, 5.41) is 14.7. The second-order valence-corrected chi connectivity index (χ2v) is 6.00. The van der Waals surface area contributed by atoms with Crippen molar-refractivity contribution in [2.75, 3.05) is 6.54 Å². The van der Waals surface area contributed by atoms with Gasteiger partial charge in [0.25, 0.3) is 5.91 Å². The van der Waals surface area contributed by atoms with Crippen LogP contribution >= 0.6 is 11.6 Å². The van der Waals surface area contributed by atoms with Crippen LogP contribution < -0.4 is 5.32 Å². The van der Waals surface area contributed by atoms with Crippen molar-refractivity contribution in [2.24, 2.45) is 0 Å². The quantitative estimate of drug-likeness (QED) is 0.675. The summed E-state index contributed by atoms with van der Waals surface area (Å²) in [7, 11) is 0. The third kappa shape index (κ3) is 4.02. The van der Waals surface area contributed by atoms with Gasteiger partial charge in [0, 0.05) is 29.9 Å². The van der Waals surface area contributed by atoms with E-state index in [1.165, 1.54) is 0 Å². The molecule has 0 saturated heterocycles. The Morgan fingerprint density at radius 3 is 2.83 bits per heavy atom. The summed E-state index contributed by atoms with van der Waals surface area (Å²) in [5.74, 6) is -0.167. The van der Waals surface area contributed by atoms with Crippen molar-refractivity contribution in [1.29, 1.82) is 0 Å². The molecule has 2 aromatic heterocycles. The van der Waals surface area contributed by atoms with E-state index < -0.39 is 0 Å². The van der Waals surface area contributed by atoms with E-state index in [-0.39, 0.29) is 5.91 Å². The maximum absolute atomic E-state index is 12.1. The summed E-state index contributed by atoms with van der Waals surface area (Å²) in [4.78, 5) is 12.1. The topological polar surface area (TPSA) is 75.6 Å². The number of aromatic nitrogens is 4. The number of rotatable bonds is 6. The number of carbonyl (C=O) groups is 1. The Kier molecular flexibility index (Phi) is 4.96. The van der Waals surface area contributed by atoms with Gasteiger partial charge in [-0.05, 0) is 37.1 Å². The molecular formula is C17H18ClN5O. The third-order valence-corrected chi connectivity index (χ3v) is 3.83. The molecule has 6 nitrogen and oxygen atoms in total. The minimum Gasteiger partial charge on any atom is -0.351 e. The van der Waals surface area contributed by atoms with Crippen molar-refractivity contribution in [3.8, 4) is 11.3 Å². The van der Waals surface area contributed by atoms with E-state index in [0.29, 0.717) is 23.0 Å². The van der Waals surface area contributed by atoms with E-state index in [1.54, 1.807) is 18.2 Å². The van der Waals surface area contributed by atoms with Gasteiger partial charge >= 0.3 is 0 Å². The Morgan fingerprint density at radius 1 is 1.33 bits per heavy atom. The van der Waals surface area contributed by atoms with Crippen LogP contribution in [0.15, 0.2) is 42.7 Å². The number of H-pyrrole nitrogens is 1. The fourth-order valence-electron chi connectivity index (χ4n) is 2.33. The minimum absolute atomic E-state index is 0.167. The molecule has 0 saturated carbocycles. The molecule has 3 rings (SSSR count). The molecule has 2 heterocycles. The van der Waals surface area contributed by atoms with Gasteiger partial charge in [0.15, 0.2) is 0 Å². The predicted molar refractivity (Wildman–Crippen MR) is 92.9 cm³/mol. The fourth-order valence-corrected chi connectivity index (χ4v) is 2.46. The summed E-state index contributed by atoms with van der Waals surface area (Å²) in [5.41, 5.74) is 3.19. The molecule has 0 bridgehead atoms. The Hall–Kier alpha value is -2.60. The zero-order valence-corrected chi connectivity index (χ0v) is 14.0. The maximum atomic E-state index is 12.1. The van der Waals surface area contributed by atoms with E-state index in [4.69, 9.17) is 11.6 Å². The highest BCUT2D eigenvalue weighted by atomic mass is 35.5. The Morgan fingerprint density at radius 2 is 2.12 bits per heavy atom. The highest BCUT2D eigenvalue weighted by molar-refractivity contribution is 6.30. The zero-order chi connectivity index (χ0) is 16.9. The van der Waals surface area contributed by atoms with Gasteiger partial charge in [0.2, 0.25) is 0 Å². The molecule has 0 aliphatic heterocycles. The molecule has 0 aliphatic rings. The summed E-state index contributed by atoms with van der Waals surface area (Å²) in [6.45, 7) is 3.35. The standard InChI is InChI=1S/C17H18ClN5O/c1-12-10-20-23(11-12)8-2-7-19-17(24)16-9-15(21-22-16)13-3-5-14(18)6-4-13/h3-6,9-11H,2,7-8H2,1H3,(H,19,24)(H,21,22). The second-order valence-electron chi connectivity index (χ2n) is 5.56. The lowest BCUT2D eigenvalue weighted by molar-refractivity contribution is 0.0947. The van der Waals surface area contributed by atoms with Gasteiger partial charge in [-0.25, -0.2) is 0 Å². The number of aryl methyl sites for hydroxylation is 2. The Balaban J connectivity index is 1.51. The number of amides is 1. The van der Waals surface area contributed by atoms with Gasteiger partial charge in [-0.1, -0.05) is 23.7 Å². The number of nitrogens with zero attached hydrogens (tertiary/aromatic N) is 3. The number of halogens is 1. The molecule has 3 aromatic rings. The van der Waals surface area contributed by atoms with Crippen LogP contribution in [0.5, 0.6) is 0 Å². The van der Waals surface area contributed by atoms with Crippen molar-refractivity contribution in [3.05, 3.63) is 59.0 Å². The highest BCUT2D eigenvalue weighted by Gasteiger charge is 2.10. The number of aromatic amines is 1. The van der Waals surface area contributed by atoms with E-state index in [2.05, 4.69) is 20.6 Å². The van der Waals surface area contributed by atoms with Crippen LogP contribution in [0.4, 0.5) is 0 Å². The largest absolute Gasteiger partial charge is 0.351 e. The SMILES string of the molecule is Cc1cnn(CCCNC(=O)c2cc(-c3ccc(Cl)cc3)n[nH]2)c1. The van der Waals surface area contributed by atoms with Crippen LogP contribution in [0, 0.1) is 6.92 Å². The number of carbonyl (C=O) groups excluding carboxylic acids is 1. The molecule has 0 spiro atoms. The first-order valence-corrected chi connectivity index (χ1v) is 8.08. The summed E-state index contributed by atoms with van der Waals surface area (Å²) in [6.07, 6.45) is 4.61. The van der Waals surface area contributed by atoms with Gasteiger partial charge in [0.1, 0.15) is 5.69 Å². The smallest absolute Gasteiger partial charge is 0.269 e. The molecule has 1 amide bonds. The first-order chi connectivity index (χ1) is 11.6. The molecule has 7 heteroatoms. The average molecular weight is 344 g/mol. The number of benzene rings is 1. The summed E-state index contributed by atoms with van der Waals surface area (Å²) in [6, 6.07) is 9.05. The van der Waals surface area contributed by atoms with Gasteiger partial charge in [-0.2, -0.15) is 10.2 Å². The summed E-state index contributed by atoms with van der Waals surface area (Å²) < 4.78 is 1.87. The molecule has 0 fully saturated rings. The fraction of sp³-hybridized carbons (Fsp3) is 0.235. The number of hydrogen-bond acceptors (Lipinski definition) is 3. The van der Waals surface area contributed by atoms with Gasteiger partial charge in [0.05, 0.1) is 11.9 Å². The monoisotopic (exact) mass is 343 g/mol. The first kappa shape index (κ1) is 16.3. The molecule has 2 N–H and O–H groups in total. The predicted octanol–water partition coefficient (Wildman–Crippen LogP) is 3.06. The minimum atomic E-state index is -0.167. The summed E-state index contributed by atoms with van der Waals surface area (Å²) >= 11 is 5.87. The van der Waals surface area contributed by atoms with Gasteiger partial charge in [-0.15, -0.1) is 0 Å².